The van der Waals surface area contributed by atoms with E-state index in [-0.39, 0.29) is 0 Å². The van der Waals surface area contributed by atoms with E-state index in [1.807, 2.05) is 45.0 Å². The molecule has 134 valence electrons. The summed E-state index contributed by atoms with van der Waals surface area (Å²) in [6.07, 6.45) is 2.39. The predicted octanol–water partition coefficient (Wildman–Crippen LogP) is 4.68. The van der Waals surface area contributed by atoms with Gasteiger partial charge in [-0.2, -0.15) is 0 Å². The molecular weight excluding hydrogens is 330 g/mol. The largest absolute Gasteiger partial charge is 0.372 e. The Labute approximate surface area is 151 Å². The molecule has 1 aliphatic heterocycles. The van der Waals surface area contributed by atoms with Crippen molar-refractivity contribution in [2.24, 2.45) is 5.92 Å². The van der Waals surface area contributed by atoms with E-state index in [9.17, 15) is 8.42 Å². The number of hydrogen-bond donors (Lipinski definition) is 0. The Morgan fingerprint density at radius 2 is 1.44 bits per heavy atom. The Morgan fingerprint density at radius 1 is 0.920 bits per heavy atom. The van der Waals surface area contributed by atoms with Crippen LogP contribution in [0.15, 0.2) is 46.2 Å². The molecule has 0 spiro atoms. The van der Waals surface area contributed by atoms with Gasteiger partial charge in [0.2, 0.25) is 9.84 Å². The second kappa shape index (κ2) is 6.83. The topological polar surface area (TPSA) is 37.4 Å². The number of hydrogen-bond acceptors (Lipinski definition) is 3. The Balaban J connectivity index is 1.91. The zero-order valence-electron chi connectivity index (χ0n) is 15.5. The Bertz CT molecular complexity index is 838. The third kappa shape index (κ3) is 3.59. The molecule has 2 aromatic carbocycles. The Hall–Kier alpha value is -1.81. The van der Waals surface area contributed by atoms with Crippen molar-refractivity contribution >= 4 is 15.5 Å². The van der Waals surface area contributed by atoms with Gasteiger partial charge in [-0.15, -0.1) is 0 Å². The van der Waals surface area contributed by atoms with Crippen LogP contribution in [-0.2, 0) is 9.84 Å². The molecule has 0 unspecified atom stereocenters. The summed E-state index contributed by atoms with van der Waals surface area (Å²) in [7, 11) is -3.49. The second-order valence-electron chi connectivity index (χ2n) is 7.39. The molecule has 0 amide bonds. The summed E-state index contributed by atoms with van der Waals surface area (Å²) >= 11 is 0. The monoisotopic (exact) mass is 357 g/mol. The minimum absolute atomic E-state index is 0.372. The van der Waals surface area contributed by atoms with Crippen molar-refractivity contribution in [3.05, 3.63) is 53.1 Å². The van der Waals surface area contributed by atoms with Gasteiger partial charge in [0.05, 0.1) is 9.79 Å². The number of benzene rings is 2. The van der Waals surface area contributed by atoms with Crippen molar-refractivity contribution in [2.45, 2.75) is 50.3 Å². The van der Waals surface area contributed by atoms with Crippen molar-refractivity contribution in [1.82, 2.24) is 0 Å². The summed E-state index contributed by atoms with van der Waals surface area (Å²) in [5.41, 5.74) is 3.82. The fraction of sp³-hybridized carbons (Fsp3) is 0.429. The maximum Gasteiger partial charge on any atom is 0.207 e. The summed E-state index contributed by atoms with van der Waals surface area (Å²) < 4.78 is 26.2. The van der Waals surface area contributed by atoms with Crippen LogP contribution in [0.3, 0.4) is 0 Å². The first-order valence-corrected chi connectivity index (χ1v) is 10.5. The molecule has 3 rings (SSSR count). The highest BCUT2D eigenvalue weighted by Crippen LogP contribution is 2.30. The number of sulfone groups is 1. The molecule has 1 saturated heterocycles. The third-order valence-corrected chi connectivity index (χ3v) is 7.24. The van der Waals surface area contributed by atoms with Gasteiger partial charge in [-0.3, -0.25) is 0 Å². The van der Waals surface area contributed by atoms with Gasteiger partial charge in [0, 0.05) is 18.8 Å². The average Bonchev–Trinajstić information content (AvgIpc) is 2.54. The molecule has 1 heterocycles. The second-order valence-corrected chi connectivity index (χ2v) is 9.28. The zero-order chi connectivity index (χ0) is 18.2. The molecule has 0 aliphatic carbocycles. The highest BCUT2D eigenvalue weighted by molar-refractivity contribution is 7.91. The van der Waals surface area contributed by atoms with E-state index in [2.05, 4.69) is 11.8 Å². The van der Waals surface area contributed by atoms with Crippen LogP contribution in [0.4, 0.5) is 5.69 Å². The van der Waals surface area contributed by atoms with Crippen LogP contribution in [0.2, 0.25) is 0 Å². The van der Waals surface area contributed by atoms with Crippen molar-refractivity contribution in [3.63, 3.8) is 0 Å². The fourth-order valence-corrected chi connectivity index (χ4v) is 5.51. The van der Waals surface area contributed by atoms with Gasteiger partial charge in [-0.05, 0) is 74.9 Å². The van der Waals surface area contributed by atoms with Gasteiger partial charge in [0.15, 0.2) is 0 Å². The molecule has 0 radical (unpaired) electrons. The first-order chi connectivity index (χ1) is 11.8. The molecule has 3 nitrogen and oxygen atoms in total. The van der Waals surface area contributed by atoms with Crippen molar-refractivity contribution in [1.29, 1.82) is 0 Å². The van der Waals surface area contributed by atoms with Crippen LogP contribution in [-0.4, -0.2) is 21.5 Å². The van der Waals surface area contributed by atoms with E-state index in [0.29, 0.717) is 9.79 Å². The third-order valence-electron chi connectivity index (χ3n) is 5.17. The Morgan fingerprint density at radius 3 is 1.96 bits per heavy atom. The summed E-state index contributed by atoms with van der Waals surface area (Å²) in [5.74, 6) is 0.781. The standard InChI is InChI=1S/C21H27NO2S/c1-15-9-11-22(12-10-15)19-5-7-20(8-6-19)25(23,24)21-17(3)13-16(2)14-18(21)4/h5-8,13-15H,9-12H2,1-4H3. The first-order valence-electron chi connectivity index (χ1n) is 8.97. The van der Waals surface area contributed by atoms with Crippen LogP contribution in [0, 0.1) is 26.7 Å². The summed E-state index contributed by atoms with van der Waals surface area (Å²) in [6.45, 7) is 10.1. The highest BCUT2D eigenvalue weighted by atomic mass is 32.2. The van der Waals surface area contributed by atoms with Crippen molar-refractivity contribution in [3.8, 4) is 0 Å². The maximum atomic E-state index is 13.1. The van der Waals surface area contributed by atoms with E-state index < -0.39 is 9.84 Å². The van der Waals surface area contributed by atoms with Gasteiger partial charge in [-0.1, -0.05) is 24.6 Å². The normalized spacial score (nSPS) is 16.2. The summed E-state index contributed by atoms with van der Waals surface area (Å²) in [5, 5.41) is 0. The van der Waals surface area contributed by atoms with Crippen LogP contribution in [0.25, 0.3) is 0 Å². The Kier molecular flexibility index (Phi) is 4.92. The smallest absolute Gasteiger partial charge is 0.207 e. The van der Waals surface area contributed by atoms with Gasteiger partial charge in [0.25, 0.3) is 0 Å². The zero-order valence-corrected chi connectivity index (χ0v) is 16.4. The minimum atomic E-state index is -3.49. The lowest BCUT2D eigenvalue weighted by atomic mass is 9.99. The quantitative estimate of drug-likeness (QED) is 0.800. The molecule has 0 atom stereocenters. The number of aryl methyl sites for hydroxylation is 3. The number of nitrogens with zero attached hydrogens (tertiary/aromatic N) is 1. The minimum Gasteiger partial charge on any atom is -0.372 e. The van der Waals surface area contributed by atoms with E-state index in [0.717, 1.165) is 41.4 Å². The van der Waals surface area contributed by atoms with Crippen LogP contribution >= 0.6 is 0 Å². The highest BCUT2D eigenvalue weighted by Gasteiger charge is 2.23. The SMILES string of the molecule is Cc1cc(C)c(S(=O)(=O)c2ccc(N3CCC(C)CC3)cc2)c(C)c1. The predicted molar refractivity (Wildman–Crippen MR) is 103 cm³/mol. The van der Waals surface area contributed by atoms with Crippen LogP contribution in [0.5, 0.6) is 0 Å². The van der Waals surface area contributed by atoms with Crippen molar-refractivity contribution < 1.29 is 8.42 Å². The molecule has 0 saturated carbocycles. The van der Waals surface area contributed by atoms with Gasteiger partial charge >= 0.3 is 0 Å². The molecular formula is C21H27NO2S. The lowest BCUT2D eigenvalue weighted by Gasteiger charge is -2.32. The summed E-state index contributed by atoms with van der Waals surface area (Å²) in [4.78, 5) is 3.16. The molecule has 0 aromatic heterocycles. The number of anilines is 1. The molecule has 1 aliphatic rings. The first kappa shape index (κ1) is 18.0. The van der Waals surface area contributed by atoms with Gasteiger partial charge in [0.1, 0.15) is 0 Å². The molecule has 0 N–H and O–H groups in total. The lowest BCUT2D eigenvalue weighted by Crippen LogP contribution is -2.32. The number of piperidine rings is 1. The van der Waals surface area contributed by atoms with E-state index in [1.165, 1.54) is 12.8 Å². The number of rotatable bonds is 3. The summed E-state index contributed by atoms with van der Waals surface area (Å²) in [6, 6.07) is 11.3. The van der Waals surface area contributed by atoms with Gasteiger partial charge < -0.3 is 4.90 Å². The van der Waals surface area contributed by atoms with Crippen molar-refractivity contribution in [2.75, 3.05) is 18.0 Å². The van der Waals surface area contributed by atoms with Gasteiger partial charge in [-0.25, -0.2) is 8.42 Å². The fourth-order valence-electron chi connectivity index (χ4n) is 3.81. The van der Waals surface area contributed by atoms with E-state index in [4.69, 9.17) is 0 Å². The van der Waals surface area contributed by atoms with Crippen LogP contribution in [0.1, 0.15) is 36.5 Å². The average molecular weight is 358 g/mol. The van der Waals surface area contributed by atoms with E-state index >= 15 is 0 Å². The molecule has 1 fully saturated rings. The lowest BCUT2D eigenvalue weighted by molar-refractivity contribution is 0.438. The molecule has 2 aromatic rings. The maximum absolute atomic E-state index is 13.1. The molecule has 25 heavy (non-hydrogen) atoms. The van der Waals surface area contributed by atoms with E-state index in [1.54, 1.807) is 12.1 Å². The molecule has 4 heteroatoms. The van der Waals surface area contributed by atoms with Crippen LogP contribution < -0.4 is 4.90 Å². The molecule has 0 bridgehead atoms.